The van der Waals surface area contributed by atoms with E-state index in [1.807, 2.05) is 85.8 Å². The molecule has 0 fully saturated rings. The van der Waals surface area contributed by atoms with Gasteiger partial charge in [-0.25, -0.2) is 0 Å². The van der Waals surface area contributed by atoms with Gasteiger partial charge in [0.1, 0.15) is 17.4 Å². The molecule has 2 aliphatic heterocycles. The summed E-state index contributed by atoms with van der Waals surface area (Å²) >= 11 is 1.29. The Bertz CT molecular complexity index is 1330. The van der Waals surface area contributed by atoms with Gasteiger partial charge >= 0.3 is 0 Å². The Labute approximate surface area is 195 Å². The van der Waals surface area contributed by atoms with Crippen LogP contribution in [-0.2, 0) is 11.4 Å². The Morgan fingerprint density at radius 3 is 2.61 bits per heavy atom. The first-order valence-corrected chi connectivity index (χ1v) is 11.2. The molecule has 0 unspecified atom stereocenters. The van der Waals surface area contributed by atoms with Crippen LogP contribution in [0.25, 0.3) is 6.08 Å². The first kappa shape index (κ1) is 20.9. The quantitative estimate of drug-likeness (QED) is 0.537. The molecule has 5 rings (SSSR count). The summed E-state index contributed by atoms with van der Waals surface area (Å²) in [5.74, 6) is 0.244. The number of nitrogens with one attached hydrogen (secondary N) is 1. The van der Waals surface area contributed by atoms with Gasteiger partial charge in [0.2, 0.25) is 5.17 Å². The molecular weight excluding hydrogens is 432 g/mol. The molecule has 0 saturated carbocycles. The van der Waals surface area contributed by atoms with Crippen LogP contribution in [0, 0.1) is 12.3 Å². The van der Waals surface area contributed by atoms with Gasteiger partial charge in [0.25, 0.3) is 5.91 Å². The lowest BCUT2D eigenvalue weighted by Gasteiger charge is -2.20. The van der Waals surface area contributed by atoms with Crippen LogP contribution in [0.4, 0.5) is 0 Å². The second-order valence-electron chi connectivity index (χ2n) is 7.64. The van der Waals surface area contributed by atoms with E-state index in [-0.39, 0.29) is 11.4 Å². The highest BCUT2D eigenvalue weighted by Gasteiger charge is 2.36. The van der Waals surface area contributed by atoms with Crippen molar-refractivity contribution >= 4 is 39.8 Å². The summed E-state index contributed by atoms with van der Waals surface area (Å²) in [6.07, 6.45) is 1.66. The maximum atomic E-state index is 12.7. The van der Waals surface area contributed by atoms with Crippen LogP contribution in [0.2, 0.25) is 0 Å². The van der Waals surface area contributed by atoms with Crippen LogP contribution in [0.5, 0.6) is 5.75 Å². The van der Waals surface area contributed by atoms with E-state index in [0.29, 0.717) is 22.6 Å². The molecule has 2 heterocycles. The van der Waals surface area contributed by atoms with Gasteiger partial charge in [-0.05, 0) is 48.0 Å². The van der Waals surface area contributed by atoms with Crippen LogP contribution in [0.15, 0.2) is 94.5 Å². The van der Waals surface area contributed by atoms with Gasteiger partial charge in [-0.1, -0.05) is 72.3 Å². The summed E-state index contributed by atoms with van der Waals surface area (Å²) in [6, 6.07) is 25.3. The summed E-state index contributed by atoms with van der Waals surface area (Å²) in [7, 11) is 0. The number of hydrogen-bond donors (Lipinski definition) is 1. The van der Waals surface area contributed by atoms with Crippen LogP contribution in [0.3, 0.4) is 0 Å². The Morgan fingerprint density at radius 1 is 1.03 bits per heavy atom. The summed E-state index contributed by atoms with van der Waals surface area (Å²) in [5, 5.41) is 15.7. The van der Waals surface area contributed by atoms with Crippen LogP contribution in [0.1, 0.15) is 22.3 Å². The van der Waals surface area contributed by atoms with Gasteiger partial charge in [0.15, 0.2) is 5.84 Å². The molecule has 0 spiro atoms. The molecular formula is C26H20N4O2S. The fraction of sp³-hybridized carbons (Fsp3) is 0.0769. The largest absolute Gasteiger partial charge is 0.489 e. The number of hydrazone groups is 1. The standard InChI is InChI=1S/C26H20N4O2S/c1-17-10-12-20(13-11-17)25-29-30-23(27)22(24(31)28-26(30)33-25)15-19-8-5-9-21(14-19)32-16-18-6-3-2-4-7-18/h2-15,27H,16H2,1H3/b22-15+,27-23?. The SMILES string of the molecule is Cc1ccc(C2=NN3C(=N)/C(=C\c4cccc(OCc5ccccc5)c4)C(=O)N=C3S2)cc1. The predicted molar refractivity (Wildman–Crippen MR) is 133 cm³/mol. The monoisotopic (exact) mass is 452 g/mol. The Morgan fingerprint density at radius 2 is 1.82 bits per heavy atom. The number of nitrogens with zero attached hydrogens (tertiary/aromatic N) is 3. The average Bonchev–Trinajstić information content (AvgIpc) is 3.26. The van der Waals surface area contributed by atoms with E-state index in [9.17, 15) is 4.79 Å². The van der Waals surface area contributed by atoms with Crippen molar-refractivity contribution in [1.29, 1.82) is 5.41 Å². The Balaban J connectivity index is 1.37. The Kier molecular flexibility index (Phi) is 5.62. The molecule has 1 amide bonds. The van der Waals surface area contributed by atoms with Gasteiger partial charge in [0, 0.05) is 5.56 Å². The molecule has 0 atom stereocenters. The van der Waals surface area contributed by atoms with Crippen molar-refractivity contribution in [3.8, 4) is 5.75 Å². The van der Waals surface area contributed by atoms with E-state index in [4.69, 9.17) is 10.1 Å². The van der Waals surface area contributed by atoms with Gasteiger partial charge in [-0.15, -0.1) is 0 Å². The minimum absolute atomic E-state index is 0.00946. The highest BCUT2D eigenvalue weighted by molar-refractivity contribution is 8.27. The molecule has 1 N–H and O–H groups in total. The fourth-order valence-electron chi connectivity index (χ4n) is 3.41. The number of hydrogen-bond acceptors (Lipinski definition) is 5. The highest BCUT2D eigenvalue weighted by atomic mass is 32.2. The summed E-state index contributed by atoms with van der Waals surface area (Å²) in [6.45, 7) is 2.47. The van der Waals surface area contributed by atoms with Crippen molar-refractivity contribution in [2.24, 2.45) is 10.1 Å². The van der Waals surface area contributed by atoms with Gasteiger partial charge in [-0.3, -0.25) is 10.2 Å². The van der Waals surface area contributed by atoms with Gasteiger partial charge in [-0.2, -0.15) is 15.1 Å². The number of benzene rings is 3. The van der Waals surface area contributed by atoms with Crippen molar-refractivity contribution in [2.45, 2.75) is 13.5 Å². The predicted octanol–water partition coefficient (Wildman–Crippen LogP) is 5.24. The number of thioether (sulfide) groups is 1. The maximum Gasteiger partial charge on any atom is 0.283 e. The highest BCUT2D eigenvalue weighted by Crippen LogP contribution is 2.31. The van der Waals surface area contributed by atoms with Crippen LogP contribution >= 0.6 is 11.8 Å². The third-order valence-electron chi connectivity index (χ3n) is 5.17. The van der Waals surface area contributed by atoms with E-state index in [1.54, 1.807) is 6.08 Å². The zero-order valence-electron chi connectivity index (χ0n) is 17.9. The van der Waals surface area contributed by atoms with E-state index in [2.05, 4.69) is 10.1 Å². The lowest BCUT2D eigenvalue weighted by molar-refractivity contribution is -0.114. The minimum atomic E-state index is -0.449. The number of ether oxygens (including phenoxy) is 1. The molecule has 7 heteroatoms. The van der Waals surface area contributed by atoms with Gasteiger partial charge in [0.05, 0.1) is 5.57 Å². The number of rotatable bonds is 5. The molecule has 162 valence electrons. The molecule has 6 nitrogen and oxygen atoms in total. The maximum absolute atomic E-state index is 12.7. The van der Waals surface area contributed by atoms with Crippen molar-refractivity contribution in [3.05, 3.63) is 107 Å². The van der Waals surface area contributed by atoms with Crippen LogP contribution in [-0.4, -0.2) is 27.0 Å². The summed E-state index contributed by atoms with van der Waals surface area (Å²) in [5.41, 5.74) is 4.09. The van der Waals surface area contributed by atoms with E-state index in [1.165, 1.54) is 16.8 Å². The van der Waals surface area contributed by atoms with Crippen LogP contribution < -0.4 is 4.74 Å². The summed E-state index contributed by atoms with van der Waals surface area (Å²) < 4.78 is 5.89. The van der Waals surface area contributed by atoms with Crippen molar-refractivity contribution in [3.63, 3.8) is 0 Å². The number of aryl methyl sites for hydroxylation is 1. The number of amidine groups is 2. The molecule has 3 aromatic rings. The average molecular weight is 453 g/mol. The molecule has 0 aliphatic carbocycles. The Hall–Kier alpha value is -3.97. The minimum Gasteiger partial charge on any atom is -0.489 e. The third-order valence-corrected chi connectivity index (χ3v) is 6.13. The fourth-order valence-corrected chi connectivity index (χ4v) is 4.30. The van der Waals surface area contributed by atoms with E-state index in [0.717, 1.165) is 22.3 Å². The zero-order valence-corrected chi connectivity index (χ0v) is 18.7. The third kappa shape index (κ3) is 4.49. The number of carbonyl (C=O) groups is 1. The smallest absolute Gasteiger partial charge is 0.283 e. The lowest BCUT2D eigenvalue weighted by atomic mass is 10.1. The zero-order chi connectivity index (χ0) is 22.8. The molecule has 33 heavy (non-hydrogen) atoms. The van der Waals surface area contributed by atoms with Crippen molar-refractivity contribution < 1.29 is 9.53 Å². The molecule has 0 radical (unpaired) electrons. The second-order valence-corrected chi connectivity index (χ2v) is 8.59. The van der Waals surface area contributed by atoms with Crippen molar-refractivity contribution in [2.75, 3.05) is 0 Å². The molecule has 0 aromatic heterocycles. The number of aliphatic imine (C=N–C) groups is 1. The second kappa shape index (κ2) is 8.88. The lowest BCUT2D eigenvalue weighted by Crippen LogP contribution is -2.35. The number of carbonyl (C=O) groups excluding carboxylic acids is 1. The first-order valence-electron chi connectivity index (χ1n) is 10.4. The first-order chi connectivity index (χ1) is 16.1. The van der Waals surface area contributed by atoms with Gasteiger partial charge < -0.3 is 4.74 Å². The molecule has 0 saturated heterocycles. The number of fused-ring (bicyclic) bond motifs is 1. The summed E-state index contributed by atoms with van der Waals surface area (Å²) in [4.78, 5) is 16.9. The molecule has 2 aliphatic rings. The molecule has 3 aromatic carbocycles. The topological polar surface area (TPSA) is 78.1 Å². The molecule has 0 bridgehead atoms. The van der Waals surface area contributed by atoms with E-state index < -0.39 is 5.91 Å². The normalized spacial score (nSPS) is 16.5. The van der Waals surface area contributed by atoms with E-state index >= 15 is 0 Å². The number of amides is 1. The van der Waals surface area contributed by atoms with Crippen molar-refractivity contribution in [1.82, 2.24) is 5.01 Å².